The van der Waals surface area contributed by atoms with Gasteiger partial charge in [-0.25, -0.2) is 14.6 Å². The van der Waals surface area contributed by atoms with Crippen molar-refractivity contribution in [3.05, 3.63) is 53.0 Å². The van der Waals surface area contributed by atoms with Gasteiger partial charge in [0.15, 0.2) is 0 Å². The van der Waals surface area contributed by atoms with Crippen molar-refractivity contribution in [2.75, 3.05) is 5.32 Å². The first kappa shape index (κ1) is 16.4. The molecule has 0 radical (unpaired) electrons. The Kier molecular flexibility index (Phi) is 4.07. The van der Waals surface area contributed by atoms with Gasteiger partial charge in [-0.1, -0.05) is 0 Å². The summed E-state index contributed by atoms with van der Waals surface area (Å²) in [6.45, 7) is 0. The maximum atomic E-state index is 12.3. The lowest BCUT2D eigenvalue weighted by molar-refractivity contribution is 0.301. The standard InChI is InChI=1S/C20H22N6O/c27-19-8-7-17(13-1-2-13)25-26(19)15-5-3-14(4-6-15)24-20-16-9-10-21-11-18(16)22-12-23-20/h7-15H,1-6H2,(H,22,23,24). The minimum atomic E-state index is 0.0186. The van der Waals surface area contributed by atoms with Crippen LogP contribution in [0.2, 0.25) is 0 Å². The summed E-state index contributed by atoms with van der Waals surface area (Å²) < 4.78 is 1.73. The van der Waals surface area contributed by atoms with E-state index in [0.29, 0.717) is 12.0 Å². The molecule has 3 heterocycles. The van der Waals surface area contributed by atoms with Gasteiger partial charge in [-0.2, -0.15) is 5.10 Å². The van der Waals surface area contributed by atoms with E-state index in [1.807, 2.05) is 12.1 Å². The van der Waals surface area contributed by atoms with Crippen LogP contribution in [0.5, 0.6) is 0 Å². The van der Waals surface area contributed by atoms with Crippen LogP contribution in [-0.2, 0) is 0 Å². The molecule has 0 aromatic carbocycles. The van der Waals surface area contributed by atoms with Crippen LogP contribution in [0.15, 0.2) is 41.7 Å². The predicted molar refractivity (Wildman–Crippen MR) is 103 cm³/mol. The molecule has 0 saturated heterocycles. The monoisotopic (exact) mass is 362 g/mol. The first-order chi connectivity index (χ1) is 13.3. The highest BCUT2D eigenvalue weighted by atomic mass is 16.1. The quantitative estimate of drug-likeness (QED) is 0.768. The Morgan fingerprint density at radius 2 is 1.85 bits per heavy atom. The minimum absolute atomic E-state index is 0.0186. The lowest BCUT2D eigenvalue weighted by Gasteiger charge is -2.30. The van der Waals surface area contributed by atoms with Crippen molar-refractivity contribution in [1.29, 1.82) is 0 Å². The molecule has 0 aliphatic heterocycles. The van der Waals surface area contributed by atoms with Crippen LogP contribution in [0.4, 0.5) is 5.82 Å². The Labute approximate surface area is 156 Å². The summed E-state index contributed by atoms with van der Waals surface area (Å²) >= 11 is 0. The van der Waals surface area contributed by atoms with Crippen LogP contribution in [0.1, 0.15) is 56.2 Å². The Bertz CT molecular complexity index is 1010. The van der Waals surface area contributed by atoms with Gasteiger partial charge in [0.25, 0.3) is 5.56 Å². The normalized spacial score (nSPS) is 22.7. The number of hydrogen-bond donors (Lipinski definition) is 1. The van der Waals surface area contributed by atoms with Crippen LogP contribution < -0.4 is 10.9 Å². The fourth-order valence-electron chi connectivity index (χ4n) is 3.98. The molecule has 3 aromatic heterocycles. The Morgan fingerprint density at radius 3 is 2.67 bits per heavy atom. The van der Waals surface area contributed by atoms with E-state index in [1.165, 1.54) is 12.8 Å². The van der Waals surface area contributed by atoms with Crippen LogP contribution in [-0.4, -0.2) is 30.8 Å². The molecule has 0 unspecified atom stereocenters. The molecule has 0 atom stereocenters. The molecule has 1 N–H and O–H groups in total. The largest absolute Gasteiger partial charge is 0.367 e. The fourth-order valence-corrected chi connectivity index (χ4v) is 3.98. The number of nitrogens with zero attached hydrogens (tertiary/aromatic N) is 5. The van der Waals surface area contributed by atoms with E-state index < -0.39 is 0 Å². The molecular formula is C20H22N6O. The third-order valence-corrected chi connectivity index (χ3v) is 5.66. The molecule has 2 saturated carbocycles. The van der Waals surface area contributed by atoms with Gasteiger partial charge in [0.1, 0.15) is 12.1 Å². The molecule has 138 valence electrons. The second-order valence-corrected chi connectivity index (χ2v) is 7.58. The topological polar surface area (TPSA) is 85.6 Å². The molecule has 0 bridgehead atoms. The van der Waals surface area contributed by atoms with Crippen molar-refractivity contribution in [2.45, 2.75) is 56.5 Å². The molecule has 5 rings (SSSR count). The third kappa shape index (κ3) is 3.29. The highest BCUT2D eigenvalue weighted by Crippen LogP contribution is 2.39. The molecule has 0 amide bonds. The van der Waals surface area contributed by atoms with Crippen LogP contribution >= 0.6 is 0 Å². The number of aromatic nitrogens is 5. The van der Waals surface area contributed by atoms with Crippen molar-refractivity contribution >= 4 is 16.7 Å². The van der Waals surface area contributed by atoms with E-state index in [-0.39, 0.29) is 11.6 Å². The Balaban J connectivity index is 1.29. The van der Waals surface area contributed by atoms with Gasteiger partial charge >= 0.3 is 0 Å². The summed E-state index contributed by atoms with van der Waals surface area (Å²) in [5.41, 5.74) is 1.94. The van der Waals surface area contributed by atoms with E-state index >= 15 is 0 Å². The number of hydrogen-bond acceptors (Lipinski definition) is 6. The number of pyridine rings is 1. The van der Waals surface area contributed by atoms with E-state index in [4.69, 9.17) is 0 Å². The summed E-state index contributed by atoms with van der Waals surface area (Å²) in [4.78, 5) is 25.1. The second-order valence-electron chi connectivity index (χ2n) is 7.58. The Hall–Kier alpha value is -2.83. The molecule has 7 nitrogen and oxygen atoms in total. The minimum Gasteiger partial charge on any atom is -0.367 e. The number of anilines is 1. The van der Waals surface area contributed by atoms with Crippen molar-refractivity contribution < 1.29 is 0 Å². The predicted octanol–water partition coefficient (Wildman–Crippen LogP) is 3.05. The first-order valence-electron chi connectivity index (χ1n) is 9.69. The first-order valence-corrected chi connectivity index (χ1v) is 9.69. The van der Waals surface area contributed by atoms with Crippen LogP contribution in [0.3, 0.4) is 0 Å². The molecule has 2 aliphatic carbocycles. The van der Waals surface area contributed by atoms with Crippen LogP contribution in [0, 0.1) is 0 Å². The zero-order valence-corrected chi connectivity index (χ0v) is 15.1. The van der Waals surface area contributed by atoms with E-state index in [0.717, 1.165) is 48.1 Å². The lowest BCUT2D eigenvalue weighted by Crippen LogP contribution is -2.33. The fraction of sp³-hybridized carbons (Fsp3) is 0.450. The van der Waals surface area contributed by atoms with Gasteiger partial charge < -0.3 is 5.32 Å². The second kappa shape index (κ2) is 6.72. The molecule has 7 heteroatoms. The molecule has 27 heavy (non-hydrogen) atoms. The molecule has 0 spiro atoms. The summed E-state index contributed by atoms with van der Waals surface area (Å²) in [5, 5.41) is 9.22. The van der Waals surface area contributed by atoms with Gasteiger partial charge in [-0.3, -0.25) is 9.78 Å². The smallest absolute Gasteiger partial charge is 0.267 e. The van der Waals surface area contributed by atoms with E-state index in [1.54, 1.807) is 29.5 Å². The molecule has 2 fully saturated rings. The molecule has 3 aromatic rings. The van der Waals surface area contributed by atoms with Gasteiger partial charge in [0.05, 0.1) is 23.4 Å². The summed E-state index contributed by atoms with van der Waals surface area (Å²) in [6, 6.07) is 6.07. The van der Waals surface area contributed by atoms with Crippen molar-refractivity contribution in [1.82, 2.24) is 24.7 Å². The summed E-state index contributed by atoms with van der Waals surface area (Å²) in [6.07, 6.45) is 11.4. The van der Waals surface area contributed by atoms with Crippen molar-refractivity contribution in [2.24, 2.45) is 0 Å². The van der Waals surface area contributed by atoms with Gasteiger partial charge in [0, 0.05) is 29.6 Å². The zero-order valence-electron chi connectivity index (χ0n) is 15.1. The van der Waals surface area contributed by atoms with Gasteiger partial charge in [0.2, 0.25) is 0 Å². The van der Waals surface area contributed by atoms with E-state index in [9.17, 15) is 4.79 Å². The summed E-state index contributed by atoms with van der Waals surface area (Å²) in [7, 11) is 0. The highest BCUT2D eigenvalue weighted by Gasteiger charge is 2.28. The van der Waals surface area contributed by atoms with Crippen LogP contribution in [0.25, 0.3) is 10.9 Å². The SMILES string of the molecule is O=c1ccc(C2CC2)nn1C1CCC(Nc2ncnc3cnccc23)CC1. The van der Waals surface area contributed by atoms with Gasteiger partial charge in [-0.15, -0.1) is 0 Å². The number of rotatable bonds is 4. The van der Waals surface area contributed by atoms with Gasteiger partial charge in [-0.05, 0) is 50.7 Å². The molecular weight excluding hydrogens is 340 g/mol. The third-order valence-electron chi connectivity index (χ3n) is 5.66. The summed E-state index contributed by atoms with van der Waals surface area (Å²) in [5.74, 6) is 1.42. The maximum Gasteiger partial charge on any atom is 0.267 e. The average molecular weight is 362 g/mol. The number of nitrogens with one attached hydrogen (secondary N) is 1. The van der Waals surface area contributed by atoms with E-state index in [2.05, 4.69) is 25.4 Å². The maximum absolute atomic E-state index is 12.3. The number of fused-ring (bicyclic) bond motifs is 1. The zero-order chi connectivity index (χ0) is 18.2. The average Bonchev–Trinajstić information content (AvgIpc) is 3.55. The van der Waals surface area contributed by atoms with Crippen molar-refractivity contribution in [3.8, 4) is 0 Å². The van der Waals surface area contributed by atoms with Crippen molar-refractivity contribution in [3.63, 3.8) is 0 Å². The molecule has 2 aliphatic rings. The lowest BCUT2D eigenvalue weighted by atomic mass is 9.91. The highest BCUT2D eigenvalue weighted by molar-refractivity contribution is 5.87. The Morgan fingerprint density at radius 1 is 1.00 bits per heavy atom.